The number of halogens is 1. The number of methoxy groups -OCH3 is 1. The van der Waals surface area contributed by atoms with Gasteiger partial charge in [-0.25, -0.2) is 0 Å². The van der Waals surface area contributed by atoms with Gasteiger partial charge in [0.2, 0.25) is 0 Å². The summed E-state index contributed by atoms with van der Waals surface area (Å²) in [6.45, 7) is 0. The molecule has 0 saturated heterocycles. The number of fused-ring (bicyclic) bond motifs is 3. The van der Waals surface area contributed by atoms with Crippen LogP contribution in [0.4, 0.5) is 11.4 Å². The van der Waals surface area contributed by atoms with Crippen LogP contribution in [0.5, 0.6) is 5.75 Å². The summed E-state index contributed by atoms with van der Waals surface area (Å²) >= 11 is 3.64. The van der Waals surface area contributed by atoms with Gasteiger partial charge in [0.15, 0.2) is 0 Å². The van der Waals surface area contributed by atoms with Crippen molar-refractivity contribution in [2.45, 2.75) is 18.4 Å². The van der Waals surface area contributed by atoms with E-state index in [1.165, 1.54) is 0 Å². The number of benzene rings is 2. The van der Waals surface area contributed by atoms with E-state index in [9.17, 15) is 10.1 Å². The Labute approximate surface area is 154 Å². The molecule has 128 valence electrons. The number of nitro groups is 1. The standard InChI is InChI=1S/C19H17BrN2O3/c1-25-16-10-9-15(22(23)24)17-11-6-4-7-12(11)18(21-19(16)17)13-5-2-3-8-14(13)20/h2-6,8-12,18,21H,7H2,1H3/t11-,12+,18-/m0/s1. The van der Waals surface area contributed by atoms with E-state index < -0.39 is 0 Å². The van der Waals surface area contributed by atoms with Gasteiger partial charge in [0.1, 0.15) is 5.75 Å². The van der Waals surface area contributed by atoms with Crippen LogP contribution >= 0.6 is 15.9 Å². The lowest BCUT2D eigenvalue weighted by molar-refractivity contribution is -0.385. The summed E-state index contributed by atoms with van der Waals surface area (Å²) in [6.07, 6.45) is 5.11. The maximum absolute atomic E-state index is 11.6. The number of hydrogen-bond donors (Lipinski definition) is 1. The molecular formula is C19H17BrN2O3. The quantitative estimate of drug-likeness (QED) is 0.437. The van der Waals surface area contributed by atoms with Crippen molar-refractivity contribution in [2.24, 2.45) is 5.92 Å². The van der Waals surface area contributed by atoms with E-state index in [2.05, 4.69) is 39.5 Å². The Bertz CT molecular complexity index is 881. The van der Waals surface area contributed by atoms with Crippen molar-refractivity contribution in [1.82, 2.24) is 0 Å². The number of anilines is 1. The van der Waals surface area contributed by atoms with E-state index in [1.807, 2.05) is 18.2 Å². The zero-order valence-corrected chi connectivity index (χ0v) is 15.2. The van der Waals surface area contributed by atoms with Crippen LogP contribution in [0.1, 0.15) is 29.5 Å². The lowest BCUT2D eigenvalue weighted by Crippen LogP contribution is -2.30. The van der Waals surface area contributed by atoms with Crippen molar-refractivity contribution in [1.29, 1.82) is 0 Å². The Hall–Kier alpha value is -2.34. The molecule has 0 amide bonds. The van der Waals surface area contributed by atoms with Gasteiger partial charge in [-0.2, -0.15) is 0 Å². The maximum atomic E-state index is 11.6. The first-order valence-corrected chi connectivity index (χ1v) is 8.94. The van der Waals surface area contributed by atoms with Gasteiger partial charge in [0, 0.05) is 16.5 Å². The van der Waals surface area contributed by atoms with E-state index in [0.717, 1.165) is 27.7 Å². The SMILES string of the molecule is COc1ccc([N+](=O)[O-])c2c1N[C@H](c1ccccc1Br)[C@@H]1CC=C[C@H]21. The lowest BCUT2D eigenvalue weighted by Gasteiger charge is -2.38. The first-order valence-electron chi connectivity index (χ1n) is 8.14. The molecule has 4 rings (SSSR count). The minimum absolute atomic E-state index is 0.00357. The van der Waals surface area contributed by atoms with Crippen LogP contribution in [-0.2, 0) is 0 Å². The third kappa shape index (κ3) is 2.52. The van der Waals surface area contributed by atoms with Crippen LogP contribution in [0.25, 0.3) is 0 Å². The van der Waals surface area contributed by atoms with Gasteiger partial charge >= 0.3 is 0 Å². The smallest absolute Gasteiger partial charge is 0.275 e. The minimum atomic E-state index is -0.304. The fourth-order valence-corrected chi connectivity index (χ4v) is 4.56. The molecule has 0 radical (unpaired) electrons. The van der Waals surface area contributed by atoms with Gasteiger partial charge in [-0.3, -0.25) is 10.1 Å². The van der Waals surface area contributed by atoms with Gasteiger partial charge in [-0.15, -0.1) is 0 Å². The summed E-state index contributed by atoms with van der Waals surface area (Å²) in [5.74, 6) is 0.872. The van der Waals surface area contributed by atoms with E-state index >= 15 is 0 Å². The molecule has 0 aromatic heterocycles. The van der Waals surface area contributed by atoms with Gasteiger partial charge < -0.3 is 10.1 Å². The van der Waals surface area contributed by atoms with Crippen LogP contribution in [0, 0.1) is 16.0 Å². The highest BCUT2D eigenvalue weighted by Crippen LogP contribution is 2.55. The highest BCUT2D eigenvalue weighted by atomic mass is 79.9. The zero-order valence-electron chi connectivity index (χ0n) is 13.6. The summed E-state index contributed by atoms with van der Waals surface area (Å²) < 4.78 is 6.52. The summed E-state index contributed by atoms with van der Waals surface area (Å²) in [6, 6.07) is 11.4. The molecule has 3 atom stereocenters. The third-order valence-corrected chi connectivity index (χ3v) is 5.84. The van der Waals surface area contributed by atoms with Crippen LogP contribution < -0.4 is 10.1 Å². The van der Waals surface area contributed by atoms with Gasteiger partial charge in [0.05, 0.1) is 29.3 Å². The van der Waals surface area contributed by atoms with Crippen molar-refractivity contribution in [3.05, 3.63) is 74.3 Å². The molecule has 1 aliphatic carbocycles. The molecule has 1 N–H and O–H groups in total. The van der Waals surface area contributed by atoms with Crippen LogP contribution in [0.3, 0.4) is 0 Å². The second-order valence-corrected chi connectivity index (χ2v) is 7.18. The highest BCUT2D eigenvalue weighted by molar-refractivity contribution is 9.10. The van der Waals surface area contributed by atoms with Crippen LogP contribution in [0.15, 0.2) is 53.0 Å². The number of nitrogens with one attached hydrogen (secondary N) is 1. The van der Waals surface area contributed by atoms with E-state index in [-0.39, 0.29) is 28.5 Å². The number of ether oxygens (including phenoxy) is 1. The summed E-state index contributed by atoms with van der Waals surface area (Å²) in [5.41, 5.74) is 2.76. The monoisotopic (exact) mass is 400 g/mol. The maximum Gasteiger partial charge on any atom is 0.275 e. The predicted molar refractivity (Wildman–Crippen MR) is 100 cm³/mol. The first kappa shape index (κ1) is 16.1. The molecule has 2 aromatic rings. The van der Waals surface area contributed by atoms with Crippen molar-refractivity contribution in [3.63, 3.8) is 0 Å². The minimum Gasteiger partial charge on any atom is -0.495 e. The van der Waals surface area contributed by atoms with Gasteiger partial charge in [-0.1, -0.05) is 46.3 Å². The number of nitro benzene ring substituents is 1. The summed E-state index contributed by atoms with van der Waals surface area (Å²) in [5, 5.41) is 15.1. The van der Waals surface area contributed by atoms with Crippen LogP contribution in [-0.4, -0.2) is 12.0 Å². The molecule has 6 heteroatoms. The summed E-state index contributed by atoms with van der Waals surface area (Å²) in [4.78, 5) is 11.3. The number of rotatable bonds is 3. The molecule has 25 heavy (non-hydrogen) atoms. The van der Waals surface area contributed by atoms with Crippen molar-refractivity contribution < 1.29 is 9.66 Å². The fraction of sp³-hybridized carbons (Fsp3) is 0.263. The number of allylic oxidation sites excluding steroid dienone is 2. The molecule has 0 unspecified atom stereocenters. The zero-order chi connectivity index (χ0) is 17.6. The summed E-state index contributed by atoms with van der Waals surface area (Å²) in [7, 11) is 1.59. The second kappa shape index (κ2) is 6.19. The molecule has 0 bridgehead atoms. The van der Waals surface area contributed by atoms with E-state index in [0.29, 0.717) is 5.75 Å². The van der Waals surface area contributed by atoms with Gasteiger partial charge in [0.25, 0.3) is 5.69 Å². The second-order valence-electron chi connectivity index (χ2n) is 6.33. The first-order chi connectivity index (χ1) is 12.1. The third-order valence-electron chi connectivity index (χ3n) is 5.12. The molecule has 1 heterocycles. The van der Waals surface area contributed by atoms with Crippen LogP contribution in [0.2, 0.25) is 0 Å². The van der Waals surface area contributed by atoms with E-state index in [4.69, 9.17) is 4.74 Å². The lowest BCUT2D eigenvalue weighted by atomic mass is 9.76. The fourth-order valence-electron chi connectivity index (χ4n) is 4.03. The Morgan fingerprint density at radius 2 is 2.08 bits per heavy atom. The molecular weight excluding hydrogens is 384 g/mol. The average Bonchev–Trinajstić information content (AvgIpc) is 3.10. The largest absolute Gasteiger partial charge is 0.495 e. The topological polar surface area (TPSA) is 64.4 Å². The molecule has 2 aromatic carbocycles. The van der Waals surface area contributed by atoms with Crippen molar-refractivity contribution in [3.8, 4) is 5.75 Å². The average molecular weight is 401 g/mol. The molecule has 2 aliphatic rings. The van der Waals surface area contributed by atoms with Crippen molar-refractivity contribution in [2.75, 3.05) is 12.4 Å². The molecule has 0 fully saturated rings. The predicted octanol–water partition coefficient (Wildman–Crippen LogP) is 5.19. The Balaban J connectivity index is 1.91. The molecule has 5 nitrogen and oxygen atoms in total. The Kier molecular flexibility index (Phi) is 4.00. The number of hydrogen-bond acceptors (Lipinski definition) is 4. The Morgan fingerprint density at radius 1 is 1.28 bits per heavy atom. The van der Waals surface area contributed by atoms with Gasteiger partial charge in [-0.05, 0) is 30.0 Å². The highest BCUT2D eigenvalue weighted by Gasteiger charge is 2.43. The molecule has 0 spiro atoms. The molecule has 1 aliphatic heterocycles. The normalized spacial score (nSPS) is 23.5. The number of nitrogens with zero attached hydrogens (tertiary/aromatic N) is 1. The molecule has 0 saturated carbocycles. The van der Waals surface area contributed by atoms with E-state index in [1.54, 1.807) is 19.2 Å². The Morgan fingerprint density at radius 3 is 2.80 bits per heavy atom. The van der Waals surface area contributed by atoms with Crippen molar-refractivity contribution >= 4 is 27.3 Å².